The van der Waals surface area contributed by atoms with Crippen LogP contribution < -0.4 is 15.2 Å². The van der Waals surface area contributed by atoms with Gasteiger partial charge >= 0.3 is 0 Å². The number of benzene rings is 4. The van der Waals surface area contributed by atoms with Gasteiger partial charge in [-0.15, -0.1) is 0 Å². The van der Waals surface area contributed by atoms with Gasteiger partial charge in [0.15, 0.2) is 0 Å². The Kier molecular flexibility index (Phi) is 11.8. The summed E-state index contributed by atoms with van der Waals surface area (Å²) in [6.07, 6.45) is 3.27. The van der Waals surface area contributed by atoms with E-state index < -0.39 is 0 Å². The van der Waals surface area contributed by atoms with E-state index in [0.717, 1.165) is 62.6 Å². The summed E-state index contributed by atoms with van der Waals surface area (Å²) in [5.74, 6) is 1.60. The zero-order valence-corrected chi connectivity index (χ0v) is 24.1. The van der Waals surface area contributed by atoms with E-state index in [1.807, 2.05) is 24.3 Å². The van der Waals surface area contributed by atoms with Crippen molar-refractivity contribution >= 4 is 5.91 Å². The summed E-state index contributed by atoms with van der Waals surface area (Å²) in [6, 6.07) is 37.6. The van der Waals surface area contributed by atoms with Crippen molar-refractivity contribution in [1.82, 2.24) is 4.90 Å². The van der Waals surface area contributed by atoms with E-state index in [2.05, 4.69) is 96.8 Å². The van der Waals surface area contributed by atoms with Crippen molar-refractivity contribution < 1.29 is 14.3 Å². The fourth-order valence-electron chi connectivity index (χ4n) is 4.98. The predicted octanol–water partition coefficient (Wildman–Crippen LogP) is 7.00. The average Bonchev–Trinajstić information content (AvgIpc) is 2.99. The van der Waals surface area contributed by atoms with Gasteiger partial charge in [-0.25, -0.2) is 0 Å². The smallest absolute Gasteiger partial charge is 0.221 e. The van der Waals surface area contributed by atoms with E-state index in [4.69, 9.17) is 15.2 Å². The van der Waals surface area contributed by atoms with Crippen LogP contribution in [0.5, 0.6) is 11.5 Å². The Bertz CT molecular complexity index is 1270. The summed E-state index contributed by atoms with van der Waals surface area (Å²) in [5.41, 5.74) is 10.1. The van der Waals surface area contributed by atoms with Gasteiger partial charge in [-0.05, 0) is 59.4 Å². The molecule has 0 atom stereocenters. The van der Waals surface area contributed by atoms with E-state index in [-0.39, 0.29) is 18.2 Å². The standard InChI is InChI=1S/C36H42N2O3/c1-2-3-23-40-33-20-18-29(19-21-33)27-38(22-11-24-41-34-17-10-12-30(25-34)26-36(37)39)28-35(31-13-6-4-7-14-31)32-15-8-5-9-16-32/h4-10,12-21,25,35H,2-3,11,22-24,26-28H2,1H3,(H2,37,39). The number of ether oxygens (including phenoxy) is 2. The van der Waals surface area contributed by atoms with E-state index in [9.17, 15) is 4.79 Å². The highest BCUT2D eigenvalue weighted by Gasteiger charge is 2.19. The number of hydrogen-bond acceptors (Lipinski definition) is 4. The molecule has 0 aliphatic rings. The molecule has 0 heterocycles. The topological polar surface area (TPSA) is 64.8 Å². The molecule has 0 aliphatic carbocycles. The first kappa shape index (κ1) is 29.9. The first-order valence-corrected chi connectivity index (χ1v) is 14.6. The normalized spacial score (nSPS) is 11.1. The number of carbonyl (C=O) groups excluding carboxylic acids is 1. The van der Waals surface area contributed by atoms with Crippen LogP contribution in [0.3, 0.4) is 0 Å². The molecule has 0 bridgehead atoms. The molecular formula is C36H42N2O3. The minimum absolute atomic E-state index is 0.216. The van der Waals surface area contributed by atoms with Crippen molar-refractivity contribution in [1.29, 1.82) is 0 Å². The molecule has 4 rings (SSSR count). The molecule has 41 heavy (non-hydrogen) atoms. The molecule has 1 amide bonds. The molecular weight excluding hydrogens is 508 g/mol. The van der Waals surface area contributed by atoms with Crippen LogP contribution >= 0.6 is 0 Å². The van der Waals surface area contributed by atoms with Crippen molar-refractivity contribution in [3.8, 4) is 11.5 Å². The SMILES string of the molecule is CCCCOc1ccc(CN(CCCOc2cccc(CC(N)=O)c2)CC(c2ccccc2)c2ccccc2)cc1. The van der Waals surface area contributed by atoms with E-state index in [0.29, 0.717) is 6.61 Å². The summed E-state index contributed by atoms with van der Waals surface area (Å²) in [6.45, 7) is 6.11. The number of nitrogens with zero attached hydrogens (tertiary/aromatic N) is 1. The van der Waals surface area contributed by atoms with E-state index >= 15 is 0 Å². The zero-order valence-electron chi connectivity index (χ0n) is 24.1. The first-order valence-electron chi connectivity index (χ1n) is 14.6. The minimum atomic E-state index is -0.343. The molecule has 0 unspecified atom stereocenters. The third-order valence-corrected chi connectivity index (χ3v) is 7.11. The molecule has 0 aliphatic heterocycles. The van der Waals surface area contributed by atoms with Crippen LogP contribution in [0.4, 0.5) is 0 Å². The van der Waals surface area contributed by atoms with Crippen molar-refractivity contribution in [3.63, 3.8) is 0 Å². The highest BCUT2D eigenvalue weighted by molar-refractivity contribution is 5.76. The van der Waals surface area contributed by atoms with Crippen LogP contribution in [0.2, 0.25) is 0 Å². The van der Waals surface area contributed by atoms with Crippen molar-refractivity contribution in [2.75, 3.05) is 26.3 Å². The second-order valence-electron chi connectivity index (χ2n) is 10.4. The maximum absolute atomic E-state index is 11.3. The highest BCUT2D eigenvalue weighted by Crippen LogP contribution is 2.27. The van der Waals surface area contributed by atoms with Crippen LogP contribution in [-0.2, 0) is 17.8 Å². The molecule has 214 valence electrons. The molecule has 5 heteroatoms. The molecule has 0 fully saturated rings. The van der Waals surface area contributed by atoms with E-state index in [1.54, 1.807) is 0 Å². The number of amides is 1. The van der Waals surface area contributed by atoms with Crippen LogP contribution in [0.1, 0.15) is 54.4 Å². The molecule has 4 aromatic carbocycles. The summed E-state index contributed by atoms with van der Waals surface area (Å²) >= 11 is 0. The third-order valence-electron chi connectivity index (χ3n) is 7.11. The number of primary amides is 1. The maximum Gasteiger partial charge on any atom is 0.221 e. The molecule has 0 saturated carbocycles. The molecule has 0 saturated heterocycles. The van der Waals surface area contributed by atoms with Gasteiger partial charge in [-0.3, -0.25) is 9.69 Å². The van der Waals surface area contributed by atoms with Gasteiger partial charge in [0.2, 0.25) is 5.91 Å². The summed E-state index contributed by atoms with van der Waals surface area (Å²) in [7, 11) is 0. The lowest BCUT2D eigenvalue weighted by Gasteiger charge is -2.28. The van der Waals surface area contributed by atoms with Crippen LogP contribution in [-0.4, -0.2) is 37.1 Å². The average molecular weight is 551 g/mol. The molecule has 2 N–H and O–H groups in total. The number of hydrogen-bond donors (Lipinski definition) is 1. The van der Waals surface area contributed by atoms with Crippen molar-refractivity contribution in [2.24, 2.45) is 5.73 Å². The number of carbonyl (C=O) groups is 1. The minimum Gasteiger partial charge on any atom is -0.494 e. The number of unbranched alkanes of at least 4 members (excludes halogenated alkanes) is 1. The fraction of sp³-hybridized carbons (Fsp3) is 0.306. The van der Waals surface area contributed by atoms with Gasteiger partial charge < -0.3 is 15.2 Å². The van der Waals surface area contributed by atoms with Gasteiger partial charge in [0.25, 0.3) is 0 Å². The Labute approximate surface area is 244 Å². The lowest BCUT2D eigenvalue weighted by molar-refractivity contribution is -0.117. The van der Waals surface area contributed by atoms with E-state index in [1.165, 1.54) is 16.7 Å². The monoisotopic (exact) mass is 550 g/mol. The summed E-state index contributed by atoms with van der Waals surface area (Å²) < 4.78 is 12.0. The molecule has 0 radical (unpaired) electrons. The Morgan fingerprint density at radius 1 is 0.732 bits per heavy atom. The Hall–Kier alpha value is -4.09. The second kappa shape index (κ2) is 16.2. The van der Waals surface area contributed by atoms with Gasteiger partial charge in [0.1, 0.15) is 11.5 Å². The van der Waals surface area contributed by atoms with Gasteiger partial charge in [-0.1, -0.05) is 98.3 Å². The van der Waals surface area contributed by atoms with Crippen LogP contribution in [0.15, 0.2) is 109 Å². The Balaban J connectivity index is 1.45. The largest absolute Gasteiger partial charge is 0.494 e. The Morgan fingerprint density at radius 2 is 1.37 bits per heavy atom. The molecule has 5 nitrogen and oxygen atoms in total. The van der Waals surface area contributed by atoms with Gasteiger partial charge in [0.05, 0.1) is 19.6 Å². The lowest BCUT2D eigenvalue weighted by atomic mass is 9.90. The molecule has 0 aromatic heterocycles. The van der Waals surface area contributed by atoms with Gasteiger partial charge in [-0.2, -0.15) is 0 Å². The first-order chi connectivity index (χ1) is 20.1. The number of nitrogens with two attached hydrogens (primary N) is 1. The second-order valence-corrected chi connectivity index (χ2v) is 10.4. The third kappa shape index (κ3) is 10.1. The van der Waals surface area contributed by atoms with Gasteiger partial charge in [0, 0.05) is 25.6 Å². The van der Waals surface area contributed by atoms with Crippen LogP contribution in [0, 0.1) is 0 Å². The molecule has 4 aromatic rings. The maximum atomic E-state index is 11.3. The predicted molar refractivity (Wildman–Crippen MR) is 166 cm³/mol. The van der Waals surface area contributed by atoms with Crippen LogP contribution in [0.25, 0.3) is 0 Å². The quantitative estimate of drug-likeness (QED) is 0.144. The fourth-order valence-corrected chi connectivity index (χ4v) is 4.98. The van der Waals surface area contributed by atoms with Crippen molar-refractivity contribution in [3.05, 3.63) is 131 Å². The summed E-state index contributed by atoms with van der Waals surface area (Å²) in [5, 5.41) is 0. The van der Waals surface area contributed by atoms with Crippen molar-refractivity contribution in [2.45, 2.75) is 45.1 Å². The highest BCUT2D eigenvalue weighted by atomic mass is 16.5. The molecule has 0 spiro atoms. The Morgan fingerprint density at radius 3 is 2.00 bits per heavy atom. The summed E-state index contributed by atoms with van der Waals surface area (Å²) in [4.78, 5) is 13.8. The lowest BCUT2D eigenvalue weighted by Crippen LogP contribution is -2.30. The zero-order chi connectivity index (χ0) is 28.7. The number of rotatable bonds is 17.